The number of halogens is 1. The van der Waals surface area contributed by atoms with Crippen LogP contribution >= 0.6 is 11.6 Å². The van der Waals surface area contributed by atoms with Gasteiger partial charge in [-0.15, -0.1) is 0 Å². The molecule has 0 saturated carbocycles. The summed E-state index contributed by atoms with van der Waals surface area (Å²) in [6.45, 7) is 11.8. The number of nitrogens with one attached hydrogen (secondary N) is 3. The van der Waals surface area contributed by atoms with Gasteiger partial charge in [-0.25, -0.2) is 24.4 Å². The molecule has 564 valence electrons. The van der Waals surface area contributed by atoms with Gasteiger partial charge in [0.05, 0.1) is 124 Å². The van der Waals surface area contributed by atoms with Gasteiger partial charge >= 0.3 is 18.2 Å². The molecule has 2 fully saturated rings. The molecule has 5 aromatic rings. The number of aromatic nitrogens is 1. The summed E-state index contributed by atoms with van der Waals surface area (Å²) in [5.41, 5.74) is 7.60. The van der Waals surface area contributed by atoms with E-state index in [9.17, 15) is 33.6 Å². The Balaban J connectivity index is 0.575. The Morgan fingerprint density at radius 2 is 1.39 bits per heavy atom. The van der Waals surface area contributed by atoms with E-state index in [0.29, 0.717) is 96.6 Å². The minimum absolute atomic E-state index is 0.0172. The Bertz CT molecular complexity index is 3770. The van der Waals surface area contributed by atoms with Crippen LogP contribution in [0.25, 0.3) is 22.0 Å². The molecule has 9 rings (SSSR count). The number of likely N-dealkylation sites (N-methyl/N-ethyl adjacent to an activating group) is 1. The molecule has 27 heteroatoms. The van der Waals surface area contributed by atoms with Gasteiger partial charge in [0, 0.05) is 83.2 Å². The number of hydrogen-bond donors (Lipinski definition) is 3. The smallest absolute Gasteiger partial charge is 0.424 e. The van der Waals surface area contributed by atoms with E-state index in [0.717, 1.165) is 50.0 Å². The lowest BCUT2D eigenvalue weighted by molar-refractivity contribution is -0.162. The minimum atomic E-state index is -1.15. The van der Waals surface area contributed by atoms with Crippen LogP contribution < -0.4 is 25.6 Å². The number of anilines is 1. The highest BCUT2D eigenvalue weighted by Crippen LogP contribution is 2.49. The molecule has 3 aliphatic heterocycles. The lowest BCUT2D eigenvalue weighted by atomic mass is 9.85. The first kappa shape index (κ1) is 79.7. The van der Waals surface area contributed by atoms with Gasteiger partial charge in [-0.2, -0.15) is 0 Å². The molecule has 7 atom stereocenters. The number of alkyl carbamates (subject to hydrolysis) is 1. The Labute approximate surface area is 613 Å². The molecule has 26 nitrogen and oxygen atoms in total. The number of esters is 1. The monoisotopic (exact) mass is 1460 g/mol. The first-order valence-corrected chi connectivity index (χ1v) is 36.0. The number of epoxide rings is 1. The van der Waals surface area contributed by atoms with Crippen LogP contribution in [-0.2, 0) is 90.9 Å². The van der Waals surface area contributed by atoms with Crippen molar-refractivity contribution in [1.29, 1.82) is 0 Å². The number of aryl methyl sites for hydroxylation is 1. The van der Waals surface area contributed by atoms with E-state index in [1.807, 2.05) is 99.8 Å². The Morgan fingerprint density at radius 1 is 0.779 bits per heavy atom. The third-order valence-corrected chi connectivity index (χ3v) is 19.8. The summed E-state index contributed by atoms with van der Waals surface area (Å²) >= 11 is 6.83. The Kier molecular flexibility index (Phi) is 29.9. The van der Waals surface area contributed by atoms with Gasteiger partial charge in [0.1, 0.15) is 41.2 Å². The second kappa shape index (κ2) is 39.1. The lowest BCUT2D eigenvalue weighted by Gasteiger charge is -2.33. The largest absolute Gasteiger partial charge is 0.495 e. The zero-order chi connectivity index (χ0) is 74.3. The van der Waals surface area contributed by atoms with Gasteiger partial charge in [-0.3, -0.25) is 19.2 Å². The van der Waals surface area contributed by atoms with Crippen molar-refractivity contribution < 1.29 is 85.7 Å². The summed E-state index contributed by atoms with van der Waals surface area (Å²) in [4.78, 5) is 96.2. The van der Waals surface area contributed by atoms with Gasteiger partial charge in [-0.05, 0) is 91.1 Å². The van der Waals surface area contributed by atoms with Gasteiger partial charge < -0.3 is 82.4 Å². The van der Waals surface area contributed by atoms with Crippen molar-refractivity contribution in [3.63, 3.8) is 0 Å². The molecule has 4 heterocycles. The van der Waals surface area contributed by atoms with Crippen molar-refractivity contribution in [3.8, 4) is 16.9 Å². The molecule has 3 N–H and O–H groups in total. The SMILES string of the molecule is COc1cc2cc(c1Cl)N(C)C(=O)C[C@H](OC(=O)[C@H](C)N(C)C(=O)CCOCCOCCOCCOCCOCCOCCNC(=O)CNC(=O)CCn1c(CN(C)N(C)C(=O)OCC3c4ccccc4-c4ccccc43)cc3ccccc31)[C@]1(C)OC1[C@H](C)[C@@H]1C[C@H](C/C=C/C=C(\C)C2)NC(=O)O1. The standard InChI is InChI=1S/C77H101ClN8O18/c1-51-18-10-12-20-56-46-65(102-75(92)81-56)52(2)73-77(4,104-73)67(47-71(90)84(7)64-43-54(42-51)44-66(94-9)72(64)78)103-74(91)53(3)83(6)70(89)27-30-95-32-34-97-36-38-99-40-41-100-39-37-98-35-33-96-31-28-79-69(88)48-80-68(87)26-29-86-57(45-55-19-11-17-25-63(55)86)49-82(5)85(8)76(93)101-50-62-60-23-15-13-21-58(60)59-22-14-16-24-61(59)62/h10-19,21-25,43-45,52-53,56,62,65,67,73H,20,26-42,46-50H2,1-9H3,(H,79,88)(H,80,87)(H,81,92)/b12-10+,51-18+/t52-,53+,56+,65+,67+,73?,77+/m1/s1. The number of hydrogen-bond acceptors (Lipinski definition) is 19. The first-order chi connectivity index (χ1) is 50.1. The van der Waals surface area contributed by atoms with E-state index in [4.69, 9.17) is 63.7 Å². The van der Waals surface area contributed by atoms with Crippen LogP contribution in [0.4, 0.5) is 15.3 Å². The van der Waals surface area contributed by atoms with Crippen molar-refractivity contribution in [2.24, 2.45) is 5.92 Å². The predicted octanol–water partition coefficient (Wildman–Crippen LogP) is 8.56. The molecule has 1 unspecified atom stereocenters. The maximum Gasteiger partial charge on any atom is 0.424 e. The van der Waals surface area contributed by atoms with E-state index in [1.54, 1.807) is 33.0 Å². The normalized spacial score (nSPS) is 20.6. The van der Waals surface area contributed by atoms with Crippen LogP contribution in [0.5, 0.6) is 5.75 Å². The second-order valence-corrected chi connectivity index (χ2v) is 27.0. The molecular formula is C77H101ClN8O18. The molecule has 4 aliphatic rings. The maximum absolute atomic E-state index is 14.3. The van der Waals surface area contributed by atoms with E-state index < -0.39 is 54.0 Å². The number of methoxy groups -OCH3 is 1. The quantitative estimate of drug-likeness (QED) is 0.0113. The Hall–Kier alpha value is -8.44. The number of hydrazine groups is 1. The van der Waals surface area contributed by atoms with Crippen LogP contribution in [-0.4, -0.2) is 232 Å². The molecule has 1 aliphatic carbocycles. The topological polar surface area (TPSA) is 278 Å². The Morgan fingerprint density at radius 3 is 2.05 bits per heavy atom. The van der Waals surface area contributed by atoms with Crippen molar-refractivity contribution in [2.75, 3.05) is 139 Å². The minimum Gasteiger partial charge on any atom is -0.495 e. The highest BCUT2D eigenvalue weighted by Gasteiger charge is 2.64. The molecule has 4 aromatic carbocycles. The summed E-state index contributed by atoms with van der Waals surface area (Å²) in [7, 11) is 8.10. The number of rotatable bonds is 35. The zero-order valence-corrected chi connectivity index (χ0v) is 61.9. The second-order valence-electron chi connectivity index (χ2n) is 26.6. The summed E-state index contributed by atoms with van der Waals surface area (Å²) in [6.07, 6.45) is 4.24. The summed E-state index contributed by atoms with van der Waals surface area (Å²) in [5, 5.41) is 12.9. The fourth-order valence-corrected chi connectivity index (χ4v) is 13.4. The highest BCUT2D eigenvalue weighted by molar-refractivity contribution is 6.35. The third-order valence-electron chi connectivity index (χ3n) is 19.4. The summed E-state index contributed by atoms with van der Waals surface area (Å²) < 4.78 is 65.5. The van der Waals surface area contributed by atoms with E-state index in [2.05, 4.69) is 50.8 Å². The van der Waals surface area contributed by atoms with Gasteiger partial charge in [0.25, 0.3) is 0 Å². The molecule has 6 amide bonds. The van der Waals surface area contributed by atoms with Crippen LogP contribution in [0.1, 0.15) is 88.1 Å². The molecule has 1 aromatic heterocycles. The molecule has 104 heavy (non-hydrogen) atoms. The lowest BCUT2D eigenvalue weighted by Crippen LogP contribution is -2.49. The van der Waals surface area contributed by atoms with E-state index >= 15 is 0 Å². The van der Waals surface area contributed by atoms with Gasteiger partial charge in [0.15, 0.2) is 0 Å². The fraction of sp³-hybridized carbons (Fsp3) is 0.519. The number of nitrogens with zero attached hydrogens (tertiary/aromatic N) is 5. The molecule has 2 saturated heterocycles. The number of carbonyl (C=O) groups is 7. The first-order valence-electron chi connectivity index (χ1n) is 35.6. The summed E-state index contributed by atoms with van der Waals surface area (Å²) in [5.74, 6) is -2.13. The van der Waals surface area contributed by atoms with Crippen molar-refractivity contribution in [3.05, 3.63) is 142 Å². The predicted molar refractivity (Wildman–Crippen MR) is 390 cm³/mol. The average Bonchev–Trinajstić information content (AvgIpc) is 1.58. The van der Waals surface area contributed by atoms with E-state index in [1.165, 1.54) is 29.0 Å². The highest BCUT2D eigenvalue weighted by atomic mass is 35.5. The van der Waals surface area contributed by atoms with Crippen LogP contribution in [0.3, 0.4) is 0 Å². The summed E-state index contributed by atoms with van der Waals surface area (Å²) in [6, 6.07) is 28.8. The number of fused-ring (bicyclic) bond motifs is 9. The number of para-hydroxylation sites is 1. The van der Waals surface area contributed by atoms with Gasteiger partial charge in [-0.1, -0.05) is 109 Å². The van der Waals surface area contributed by atoms with Gasteiger partial charge in [0.2, 0.25) is 23.6 Å². The molecule has 0 radical (unpaired) electrons. The number of ether oxygens (including phenoxy) is 11. The zero-order valence-electron chi connectivity index (χ0n) is 61.2. The van der Waals surface area contributed by atoms with E-state index in [-0.39, 0.29) is 106 Å². The number of benzene rings is 4. The van der Waals surface area contributed by atoms with Crippen molar-refractivity contribution in [2.45, 2.75) is 121 Å². The van der Waals surface area contributed by atoms with Crippen molar-refractivity contribution >= 4 is 70.0 Å². The molecule has 0 spiro atoms. The fourth-order valence-electron chi connectivity index (χ4n) is 13.1. The van der Waals surface area contributed by atoms with Crippen LogP contribution in [0.2, 0.25) is 5.02 Å². The molecular weight excluding hydrogens is 1360 g/mol. The van der Waals surface area contributed by atoms with Crippen LogP contribution in [0.15, 0.2) is 115 Å². The number of carbonyl (C=O) groups excluding carboxylic acids is 7. The average molecular weight is 1460 g/mol. The maximum atomic E-state index is 14.3. The number of allylic oxidation sites excluding steroid dienone is 3. The third kappa shape index (κ3) is 21.8. The number of amides is 6. The van der Waals surface area contributed by atoms with Crippen molar-refractivity contribution in [1.82, 2.24) is 35.4 Å². The molecule has 4 bridgehead atoms. The van der Waals surface area contributed by atoms with Crippen LogP contribution in [0, 0.1) is 5.92 Å².